The van der Waals surface area contributed by atoms with Gasteiger partial charge in [-0.1, -0.05) is 13.8 Å². The Balaban J connectivity index is 2.21. The molecule has 1 aliphatic carbocycles. The summed E-state index contributed by atoms with van der Waals surface area (Å²) in [6.07, 6.45) is 3.76. The molecule has 0 aromatic carbocycles. The minimum absolute atomic E-state index is 0.145. The van der Waals surface area contributed by atoms with Gasteiger partial charge in [0.2, 0.25) is 0 Å². The lowest BCUT2D eigenvalue weighted by Gasteiger charge is -2.42. The molecule has 1 saturated heterocycles. The number of rotatable bonds is 2. The number of hydrogen-bond acceptors (Lipinski definition) is 3. The number of thioether (sulfide) groups is 1. The molecule has 2 aliphatic rings. The van der Waals surface area contributed by atoms with Crippen molar-refractivity contribution in [3.63, 3.8) is 0 Å². The first-order valence-corrected chi connectivity index (χ1v) is 7.00. The van der Waals surface area contributed by atoms with Crippen molar-refractivity contribution in [3.05, 3.63) is 0 Å². The van der Waals surface area contributed by atoms with Crippen LogP contribution in [0, 0.1) is 10.8 Å². The van der Waals surface area contributed by atoms with E-state index in [-0.39, 0.29) is 17.4 Å². The fraction of sp³-hybridized carbons (Fsp3) is 1.00. The van der Waals surface area contributed by atoms with Crippen molar-refractivity contribution in [1.29, 1.82) is 0 Å². The molecular formula is C12H22O2S. The Bertz CT molecular complexity index is 246. The Morgan fingerprint density at radius 2 is 1.93 bits per heavy atom. The number of hydrogen-bond donors (Lipinski definition) is 2. The third-order valence-corrected chi connectivity index (χ3v) is 5.63. The SMILES string of the molecule is CC1(C)CCC(O)(C2(CO)CCSC2)C1. The minimum Gasteiger partial charge on any atom is -0.396 e. The standard InChI is InChI=1S/C12H22O2S/c1-10(2)3-4-12(14,7-10)11(8-13)5-6-15-9-11/h13-14H,3-9H2,1-2H3. The summed E-state index contributed by atoms with van der Waals surface area (Å²) in [5, 5.41) is 20.4. The quantitative estimate of drug-likeness (QED) is 0.762. The molecule has 2 fully saturated rings. The largest absolute Gasteiger partial charge is 0.396 e. The van der Waals surface area contributed by atoms with Crippen molar-refractivity contribution >= 4 is 11.8 Å². The van der Waals surface area contributed by atoms with E-state index >= 15 is 0 Å². The zero-order chi connectivity index (χ0) is 11.2. The first-order valence-electron chi connectivity index (χ1n) is 5.84. The molecular weight excluding hydrogens is 208 g/mol. The van der Waals surface area contributed by atoms with Gasteiger partial charge in [0.1, 0.15) is 0 Å². The van der Waals surface area contributed by atoms with E-state index in [2.05, 4.69) is 13.8 Å². The fourth-order valence-electron chi connectivity index (χ4n) is 3.21. The Labute approximate surface area is 96.5 Å². The molecule has 1 aliphatic heterocycles. The average Bonchev–Trinajstić information content (AvgIpc) is 2.72. The van der Waals surface area contributed by atoms with Gasteiger partial charge >= 0.3 is 0 Å². The summed E-state index contributed by atoms with van der Waals surface area (Å²) in [4.78, 5) is 0. The average molecular weight is 230 g/mol. The molecule has 3 heteroatoms. The van der Waals surface area contributed by atoms with Crippen LogP contribution >= 0.6 is 11.8 Å². The van der Waals surface area contributed by atoms with Gasteiger partial charge in [0.05, 0.1) is 12.2 Å². The zero-order valence-corrected chi connectivity index (χ0v) is 10.6. The van der Waals surface area contributed by atoms with Crippen LogP contribution in [0.1, 0.15) is 39.5 Å². The molecule has 2 rings (SSSR count). The highest BCUT2D eigenvalue weighted by atomic mass is 32.2. The van der Waals surface area contributed by atoms with E-state index in [1.165, 1.54) is 0 Å². The maximum Gasteiger partial charge on any atom is 0.0739 e. The molecule has 0 spiro atoms. The highest BCUT2D eigenvalue weighted by Gasteiger charge is 2.56. The highest BCUT2D eigenvalue weighted by molar-refractivity contribution is 7.99. The lowest BCUT2D eigenvalue weighted by molar-refractivity contribution is -0.0962. The third kappa shape index (κ3) is 1.83. The van der Waals surface area contributed by atoms with Gasteiger partial charge in [-0.15, -0.1) is 0 Å². The summed E-state index contributed by atoms with van der Waals surface area (Å²) in [5.74, 6) is 2.01. The maximum atomic E-state index is 10.8. The Kier molecular flexibility index (Phi) is 2.85. The van der Waals surface area contributed by atoms with E-state index in [1.54, 1.807) is 0 Å². The topological polar surface area (TPSA) is 40.5 Å². The first kappa shape index (κ1) is 11.7. The van der Waals surface area contributed by atoms with E-state index in [0.29, 0.717) is 0 Å². The van der Waals surface area contributed by atoms with Gasteiger partial charge in [-0.25, -0.2) is 0 Å². The van der Waals surface area contributed by atoms with E-state index < -0.39 is 5.60 Å². The van der Waals surface area contributed by atoms with E-state index in [0.717, 1.165) is 37.2 Å². The highest BCUT2D eigenvalue weighted by Crippen LogP contribution is 2.56. The molecule has 0 bridgehead atoms. The summed E-state index contributed by atoms with van der Waals surface area (Å²) >= 11 is 1.87. The summed E-state index contributed by atoms with van der Waals surface area (Å²) in [5.41, 5.74) is -0.593. The number of aliphatic hydroxyl groups excluding tert-OH is 1. The second-order valence-corrected chi connectivity index (χ2v) is 7.22. The first-order chi connectivity index (χ1) is 6.93. The van der Waals surface area contributed by atoms with Gasteiger partial charge in [-0.05, 0) is 36.9 Å². The minimum atomic E-state index is -0.616. The van der Waals surface area contributed by atoms with Crippen molar-refractivity contribution in [1.82, 2.24) is 0 Å². The molecule has 0 aromatic heterocycles. The van der Waals surface area contributed by atoms with Crippen LogP contribution in [-0.2, 0) is 0 Å². The molecule has 2 nitrogen and oxygen atoms in total. The van der Waals surface area contributed by atoms with Crippen molar-refractivity contribution in [2.45, 2.75) is 45.1 Å². The predicted molar refractivity (Wildman–Crippen MR) is 64.0 cm³/mol. The van der Waals surface area contributed by atoms with Gasteiger partial charge in [-0.2, -0.15) is 11.8 Å². The van der Waals surface area contributed by atoms with Gasteiger partial charge in [-0.3, -0.25) is 0 Å². The van der Waals surface area contributed by atoms with Crippen LogP contribution in [0.2, 0.25) is 0 Å². The summed E-state index contributed by atoms with van der Waals surface area (Å²) in [6, 6.07) is 0. The van der Waals surface area contributed by atoms with Gasteiger partial charge < -0.3 is 10.2 Å². The Hall–Kier alpha value is 0.270. The fourth-order valence-corrected chi connectivity index (χ4v) is 4.79. The molecule has 1 heterocycles. The second-order valence-electron chi connectivity index (χ2n) is 6.11. The Morgan fingerprint density at radius 3 is 2.33 bits per heavy atom. The van der Waals surface area contributed by atoms with E-state index in [1.807, 2.05) is 11.8 Å². The smallest absolute Gasteiger partial charge is 0.0739 e. The molecule has 0 radical (unpaired) electrons. The second kappa shape index (κ2) is 3.64. The zero-order valence-electron chi connectivity index (χ0n) is 9.75. The van der Waals surface area contributed by atoms with Crippen molar-refractivity contribution in [3.8, 4) is 0 Å². The third-order valence-electron chi connectivity index (χ3n) is 4.38. The van der Waals surface area contributed by atoms with Crippen LogP contribution in [0.15, 0.2) is 0 Å². The molecule has 2 atom stereocenters. The van der Waals surface area contributed by atoms with Crippen LogP contribution in [0.3, 0.4) is 0 Å². The lowest BCUT2D eigenvalue weighted by Crippen LogP contribution is -2.49. The number of aliphatic hydroxyl groups is 2. The van der Waals surface area contributed by atoms with Crippen LogP contribution < -0.4 is 0 Å². The van der Waals surface area contributed by atoms with Gasteiger partial charge in [0, 0.05) is 11.2 Å². The van der Waals surface area contributed by atoms with Crippen LogP contribution in [-0.4, -0.2) is 33.9 Å². The monoisotopic (exact) mass is 230 g/mol. The van der Waals surface area contributed by atoms with Gasteiger partial charge in [0.15, 0.2) is 0 Å². The van der Waals surface area contributed by atoms with Crippen molar-refractivity contribution in [2.75, 3.05) is 18.1 Å². The van der Waals surface area contributed by atoms with Crippen molar-refractivity contribution < 1.29 is 10.2 Å². The van der Waals surface area contributed by atoms with Crippen LogP contribution in [0.5, 0.6) is 0 Å². The summed E-state index contributed by atoms with van der Waals surface area (Å²) in [6.45, 7) is 4.59. The lowest BCUT2D eigenvalue weighted by atomic mass is 9.69. The maximum absolute atomic E-state index is 10.8. The van der Waals surface area contributed by atoms with E-state index in [4.69, 9.17) is 0 Å². The van der Waals surface area contributed by atoms with Crippen LogP contribution in [0.4, 0.5) is 0 Å². The molecule has 1 saturated carbocycles. The molecule has 0 aromatic rings. The molecule has 2 N–H and O–H groups in total. The van der Waals surface area contributed by atoms with E-state index in [9.17, 15) is 10.2 Å². The normalized spacial score (nSPS) is 44.8. The summed E-state index contributed by atoms with van der Waals surface area (Å²) in [7, 11) is 0. The Morgan fingerprint density at radius 1 is 1.20 bits per heavy atom. The molecule has 2 unspecified atom stereocenters. The molecule has 15 heavy (non-hydrogen) atoms. The summed E-state index contributed by atoms with van der Waals surface area (Å²) < 4.78 is 0. The van der Waals surface area contributed by atoms with Crippen LogP contribution in [0.25, 0.3) is 0 Å². The molecule has 88 valence electrons. The van der Waals surface area contributed by atoms with Crippen molar-refractivity contribution in [2.24, 2.45) is 10.8 Å². The molecule has 0 amide bonds. The van der Waals surface area contributed by atoms with Gasteiger partial charge in [0.25, 0.3) is 0 Å². The predicted octanol–water partition coefficient (Wildman–Crippen LogP) is 2.04.